The third-order valence-corrected chi connectivity index (χ3v) is 7.14. The summed E-state index contributed by atoms with van der Waals surface area (Å²) in [7, 11) is 1.59. The molecule has 1 saturated heterocycles. The molecule has 1 aliphatic rings. The lowest BCUT2D eigenvalue weighted by Crippen LogP contribution is -2.49. The Kier molecular flexibility index (Phi) is 7.33. The van der Waals surface area contributed by atoms with Crippen molar-refractivity contribution in [3.8, 4) is 5.75 Å². The van der Waals surface area contributed by atoms with Crippen LogP contribution < -0.4 is 9.64 Å². The van der Waals surface area contributed by atoms with Crippen LogP contribution in [-0.4, -0.2) is 70.6 Å². The molecule has 4 rings (SSSR count). The second-order valence-corrected chi connectivity index (χ2v) is 9.22. The molecular formula is C22H23N5O3S2. The number of nitrogens with zero attached hydrogens (tertiary/aromatic N) is 5. The Bertz CT molecular complexity index is 1050. The number of thiazole rings is 1. The Morgan fingerprint density at radius 1 is 1.09 bits per heavy atom. The van der Waals surface area contributed by atoms with Gasteiger partial charge < -0.3 is 14.5 Å². The van der Waals surface area contributed by atoms with Gasteiger partial charge in [0.05, 0.1) is 25.0 Å². The van der Waals surface area contributed by atoms with Crippen LogP contribution >= 0.6 is 23.1 Å². The Balaban J connectivity index is 1.24. The van der Waals surface area contributed by atoms with Crippen LogP contribution in [0.4, 0.5) is 5.95 Å². The molecule has 0 saturated carbocycles. The van der Waals surface area contributed by atoms with Gasteiger partial charge >= 0.3 is 0 Å². The van der Waals surface area contributed by atoms with Crippen LogP contribution in [0.15, 0.2) is 52.4 Å². The van der Waals surface area contributed by atoms with E-state index in [1.165, 1.54) is 23.1 Å². The monoisotopic (exact) mass is 469 g/mol. The minimum atomic E-state index is 0.0331. The average molecular weight is 470 g/mol. The number of hydrogen-bond donors (Lipinski definition) is 0. The smallest absolute Gasteiger partial charge is 0.228 e. The summed E-state index contributed by atoms with van der Waals surface area (Å²) in [6.45, 7) is 2.70. The third kappa shape index (κ3) is 5.63. The van der Waals surface area contributed by atoms with Crippen molar-refractivity contribution in [2.24, 2.45) is 0 Å². The van der Waals surface area contributed by atoms with Crippen molar-refractivity contribution in [3.63, 3.8) is 0 Å². The molecule has 32 heavy (non-hydrogen) atoms. The second-order valence-electron chi connectivity index (χ2n) is 7.14. The number of methoxy groups -OCH3 is 1. The topological polar surface area (TPSA) is 88.5 Å². The average Bonchev–Trinajstić information content (AvgIpc) is 3.30. The fraction of sp³-hybridized carbons (Fsp3) is 0.318. The van der Waals surface area contributed by atoms with Gasteiger partial charge in [-0.25, -0.2) is 15.0 Å². The molecule has 0 atom stereocenters. The normalized spacial score (nSPS) is 13.8. The minimum Gasteiger partial charge on any atom is -0.497 e. The second kappa shape index (κ2) is 10.6. The summed E-state index contributed by atoms with van der Waals surface area (Å²) < 4.78 is 5.91. The molecule has 3 heterocycles. The lowest BCUT2D eigenvalue weighted by molar-refractivity contribution is -0.130. The highest BCUT2D eigenvalue weighted by atomic mass is 32.2. The summed E-state index contributed by atoms with van der Waals surface area (Å²) in [6.07, 6.45) is 3.72. The van der Waals surface area contributed by atoms with E-state index >= 15 is 0 Å². The molecule has 166 valence electrons. The van der Waals surface area contributed by atoms with Crippen molar-refractivity contribution in [3.05, 3.63) is 59.4 Å². The number of aromatic nitrogens is 3. The molecule has 0 spiro atoms. The van der Waals surface area contributed by atoms with Crippen molar-refractivity contribution < 1.29 is 14.3 Å². The van der Waals surface area contributed by atoms with Crippen LogP contribution in [0.5, 0.6) is 5.75 Å². The molecule has 0 N–H and O–H groups in total. The lowest BCUT2D eigenvalue weighted by Gasteiger charge is -2.34. The highest BCUT2D eigenvalue weighted by Crippen LogP contribution is 2.24. The van der Waals surface area contributed by atoms with Gasteiger partial charge in [0.2, 0.25) is 11.9 Å². The maximum atomic E-state index is 12.7. The molecule has 0 aliphatic carbocycles. The van der Waals surface area contributed by atoms with Crippen molar-refractivity contribution in [2.75, 3.05) is 43.9 Å². The van der Waals surface area contributed by atoms with E-state index in [4.69, 9.17) is 4.74 Å². The number of thioether (sulfide) groups is 1. The highest BCUT2D eigenvalue weighted by molar-refractivity contribution is 8.01. The van der Waals surface area contributed by atoms with Gasteiger partial charge in [-0.2, -0.15) is 0 Å². The van der Waals surface area contributed by atoms with E-state index in [1.54, 1.807) is 49.8 Å². The van der Waals surface area contributed by atoms with E-state index in [0.29, 0.717) is 43.4 Å². The quantitative estimate of drug-likeness (QED) is 0.368. The van der Waals surface area contributed by atoms with Crippen LogP contribution in [0, 0.1) is 0 Å². The summed E-state index contributed by atoms with van der Waals surface area (Å²) in [5, 5.41) is 1.89. The van der Waals surface area contributed by atoms with Crippen LogP contribution in [0.25, 0.3) is 0 Å². The Morgan fingerprint density at radius 3 is 2.50 bits per heavy atom. The van der Waals surface area contributed by atoms with E-state index < -0.39 is 0 Å². The number of rotatable bonds is 8. The van der Waals surface area contributed by atoms with Crippen molar-refractivity contribution in [1.82, 2.24) is 19.9 Å². The fourth-order valence-electron chi connectivity index (χ4n) is 3.30. The molecule has 1 aromatic carbocycles. The molecule has 0 bridgehead atoms. The minimum absolute atomic E-state index is 0.0331. The number of carbonyl (C=O) groups excluding carboxylic acids is 2. The molecule has 1 fully saturated rings. The first kappa shape index (κ1) is 22.2. The molecule has 0 radical (unpaired) electrons. The van der Waals surface area contributed by atoms with Crippen LogP contribution in [0.1, 0.15) is 16.1 Å². The number of piperazine rings is 1. The zero-order valence-corrected chi connectivity index (χ0v) is 19.3. The van der Waals surface area contributed by atoms with Crippen molar-refractivity contribution in [2.45, 2.75) is 10.8 Å². The summed E-state index contributed by atoms with van der Waals surface area (Å²) in [5.41, 5.74) is 1.39. The largest absolute Gasteiger partial charge is 0.497 e. The molecule has 1 aliphatic heterocycles. The maximum absolute atomic E-state index is 12.7. The SMILES string of the molecule is COc1ccc(C(=O)CSc2nc(CC(=O)N3CCN(c4ncccn4)CC3)cs2)cc1. The first-order chi connectivity index (χ1) is 15.6. The first-order valence-electron chi connectivity index (χ1n) is 10.2. The van der Waals surface area contributed by atoms with E-state index in [2.05, 4.69) is 19.9 Å². The molecular weight excluding hydrogens is 446 g/mol. The number of anilines is 1. The number of carbonyl (C=O) groups is 2. The molecule has 0 unspecified atom stereocenters. The zero-order valence-electron chi connectivity index (χ0n) is 17.6. The van der Waals surface area contributed by atoms with Crippen LogP contribution in [-0.2, 0) is 11.2 Å². The standard InChI is InChI=1S/C22H23N5O3S2/c1-30-18-5-3-16(4-6-18)19(28)15-32-22-25-17(14-31-22)13-20(29)26-9-11-27(12-10-26)21-23-7-2-8-24-21/h2-8,14H,9-13,15H2,1H3. The number of hydrogen-bond acceptors (Lipinski definition) is 9. The van der Waals surface area contributed by atoms with Gasteiger partial charge in [-0.1, -0.05) is 11.8 Å². The highest BCUT2D eigenvalue weighted by Gasteiger charge is 2.23. The zero-order chi connectivity index (χ0) is 22.3. The predicted molar refractivity (Wildman–Crippen MR) is 125 cm³/mol. The third-order valence-electron chi connectivity index (χ3n) is 5.07. The van der Waals surface area contributed by atoms with Crippen molar-refractivity contribution in [1.29, 1.82) is 0 Å². The number of ether oxygens (including phenoxy) is 1. The van der Waals surface area contributed by atoms with Gasteiger partial charge in [0, 0.05) is 49.5 Å². The van der Waals surface area contributed by atoms with Gasteiger partial charge in [0.25, 0.3) is 0 Å². The Morgan fingerprint density at radius 2 is 1.81 bits per heavy atom. The molecule has 10 heteroatoms. The number of benzene rings is 1. The molecule has 2 aromatic heterocycles. The lowest BCUT2D eigenvalue weighted by atomic mass is 10.1. The van der Waals surface area contributed by atoms with Crippen LogP contribution in [0.3, 0.4) is 0 Å². The van der Waals surface area contributed by atoms with Crippen molar-refractivity contribution >= 4 is 40.7 Å². The molecule has 3 aromatic rings. The van der Waals surface area contributed by atoms with Gasteiger partial charge in [-0.3, -0.25) is 9.59 Å². The summed E-state index contributed by atoms with van der Waals surface area (Å²) in [6, 6.07) is 8.86. The van der Waals surface area contributed by atoms with E-state index in [-0.39, 0.29) is 18.1 Å². The first-order valence-corrected chi connectivity index (χ1v) is 12.0. The van der Waals surface area contributed by atoms with E-state index in [0.717, 1.165) is 15.8 Å². The molecule has 1 amide bonds. The van der Waals surface area contributed by atoms with Crippen LogP contribution in [0.2, 0.25) is 0 Å². The number of amides is 1. The van der Waals surface area contributed by atoms with Gasteiger partial charge in [-0.15, -0.1) is 11.3 Å². The summed E-state index contributed by atoms with van der Waals surface area (Å²) >= 11 is 2.86. The van der Waals surface area contributed by atoms with Gasteiger partial charge in [0.15, 0.2) is 10.1 Å². The van der Waals surface area contributed by atoms with E-state index in [9.17, 15) is 9.59 Å². The Hall–Kier alpha value is -2.98. The molecule has 8 nitrogen and oxygen atoms in total. The summed E-state index contributed by atoms with van der Waals surface area (Å²) in [5.74, 6) is 1.82. The predicted octanol–water partition coefficient (Wildman–Crippen LogP) is 2.81. The number of Topliss-reactive ketones (excluding diaryl/α,β-unsaturated/α-hetero) is 1. The maximum Gasteiger partial charge on any atom is 0.228 e. The van der Waals surface area contributed by atoms with E-state index in [1.807, 2.05) is 10.3 Å². The number of ketones is 1. The Labute approximate surface area is 194 Å². The fourth-order valence-corrected chi connectivity index (χ4v) is 5.04. The van der Waals surface area contributed by atoms with Gasteiger partial charge in [0.1, 0.15) is 5.75 Å². The summed E-state index contributed by atoms with van der Waals surface area (Å²) in [4.78, 5) is 42.1. The van der Waals surface area contributed by atoms with Gasteiger partial charge in [-0.05, 0) is 30.3 Å².